The lowest BCUT2D eigenvalue weighted by Gasteiger charge is -2.26. The summed E-state index contributed by atoms with van der Waals surface area (Å²) >= 11 is 0. The highest BCUT2D eigenvalue weighted by molar-refractivity contribution is 7.89. The first-order chi connectivity index (χ1) is 13.4. The van der Waals surface area contributed by atoms with E-state index in [9.17, 15) is 13.2 Å². The van der Waals surface area contributed by atoms with Crippen LogP contribution >= 0.6 is 0 Å². The second-order valence-electron chi connectivity index (χ2n) is 6.67. The lowest BCUT2D eigenvalue weighted by Crippen LogP contribution is -2.31. The molecule has 1 fully saturated rings. The highest BCUT2D eigenvalue weighted by atomic mass is 32.2. The van der Waals surface area contributed by atoms with E-state index in [1.165, 1.54) is 16.4 Å². The van der Waals surface area contributed by atoms with Gasteiger partial charge in [0, 0.05) is 12.1 Å². The van der Waals surface area contributed by atoms with Gasteiger partial charge in [-0.2, -0.15) is 4.31 Å². The normalized spacial score (nSPS) is 17.9. The second-order valence-corrected chi connectivity index (χ2v) is 8.56. The van der Waals surface area contributed by atoms with Gasteiger partial charge in [0.2, 0.25) is 10.0 Å². The standard InChI is InChI=1S/C19H21N3O5S/c1-26-12-5-8-18(27-2)14(10-12)17-4-3-9-22(17)28(24,25)13-6-7-15-16(11-13)21-19(23)20-15/h5-8,10-11,17H,3-4,9H2,1-2H3,(H2,20,21,23)/t17-/m1/s1. The molecule has 8 nitrogen and oxygen atoms in total. The average molecular weight is 403 g/mol. The van der Waals surface area contributed by atoms with Gasteiger partial charge in [0.25, 0.3) is 0 Å². The van der Waals surface area contributed by atoms with Crippen LogP contribution < -0.4 is 15.2 Å². The zero-order valence-corrected chi connectivity index (χ0v) is 16.4. The van der Waals surface area contributed by atoms with Crippen molar-refractivity contribution in [1.82, 2.24) is 14.3 Å². The Hall–Kier alpha value is -2.78. The molecular formula is C19H21N3O5S. The Kier molecular flexibility index (Phi) is 4.64. The van der Waals surface area contributed by atoms with Crippen LogP contribution in [0.1, 0.15) is 24.4 Å². The van der Waals surface area contributed by atoms with Crippen molar-refractivity contribution in [2.75, 3.05) is 20.8 Å². The molecular weight excluding hydrogens is 382 g/mol. The van der Waals surface area contributed by atoms with E-state index in [-0.39, 0.29) is 16.6 Å². The molecule has 9 heteroatoms. The molecule has 1 saturated heterocycles. The van der Waals surface area contributed by atoms with E-state index in [1.54, 1.807) is 32.4 Å². The van der Waals surface area contributed by atoms with Gasteiger partial charge in [-0.3, -0.25) is 0 Å². The van der Waals surface area contributed by atoms with Gasteiger partial charge < -0.3 is 19.4 Å². The van der Waals surface area contributed by atoms with Crippen LogP contribution in [0.15, 0.2) is 46.1 Å². The van der Waals surface area contributed by atoms with Crippen LogP contribution in [-0.2, 0) is 10.0 Å². The fourth-order valence-electron chi connectivity index (χ4n) is 3.75. The monoisotopic (exact) mass is 403 g/mol. The van der Waals surface area contributed by atoms with Crippen molar-refractivity contribution in [3.8, 4) is 11.5 Å². The molecule has 28 heavy (non-hydrogen) atoms. The third kappa shape index (κ3) is 3.06. The first-order valence-electron chi connectivity index (χ1n) is 8.90. The minimum Gasteiger partial charge on any atom is -0.497 e. The molecule has 0 spiro atoms. The number of ether oxygens (including phenoxy) is 2. The van der Waals surface area contributed by atoms with Gasteiger partial charge in [-0.05, 0) is 49.2 Å². The number of hydrogen-bond acceptors (Lipinski definition) is 5. The molecule has 1 aromatic heterocycles. The molecule has 1 aliphatic heterocycles. The third-order valence-electron chi connectivity index (χ3n) is 5.09. The van der Waals surface area contributed by atoms with Crippen molar-refractivity contribution in [2.45, 2.75) is 23.8 Å². The van der Waals surface area contributed by atoms with Crippen LogP contribution in [0.5, 0.6) is 11.5 Å². The van der Waals surface area contributed by atoms with Crippen LogP contribution in [0, 0.1) is 0 Å². The number of benzene rings is 2. The molecule has 0 aliphatic carbocycles. The third-order valence-corrected chi connectivity index (χ3v) is 7.00. The van der Waals surface area contributed by atoms with E-state index in [1.807, 2.05) is 6.07 Å². The topological polar surface area (TPSA) is 104 Å². The maximum absolute atomic E-state index is 13.4. The van der Waals surface area contributed by atoms with E-state index >= 15 is 0 Å². The van der Waals surface area contributed by atoms with Gasteiger partial charge in [0.05, 0.1) is 36.2 Å². The number of imidazole rings is 1. The summed E-state index contributed by atoms with van der Waals surface area (Å²) in [4.78, 5) is 16.8. The molecule has 0 unspecified atom stereocenters. The highest BCUT2D eigenvalue weighted by Gasteiger charge is 2.37. The van der Waals surface area contributed by atoms with Crippen molar-refractivity contribution in [1.29, 1.82) is 0 Å². The van der Waals surface area contributed by atoms with Crippen molar-refractivity contribution >= 4 is 21.1 Å². The molecule has 1 aliphatic rings. The van der Waals surface area contributed by atoms with Crippen LogP contribution in [-0.4, -0.2) is 43.5 Å². The van der Waals surface area contributed by atoms with Crippen molar-refractivity contribution in [2.24, 2.45) is 0 Å². The molecule has 2 N–H and O–H groups in total. The van der Waals surface area contributed by atoms with E-state index in [0.717, 1.165) is 12.0 Å². The van der Waals surface area contributed by atoms with Gasteiger partial charge in [0.15, 0.2) is 0 Å². The number of rotatable bonds is 5. The van der Waals surface area contributed by atoms with Crippen molar-refractivity contribution in [3.63, 3.8) is 0 Å². The molecule has 0 saturated carbocycles. The van der Waals surface area contributed by atoms with Crippen molar-refractivity contribution in [3.05, 3.63) is 52.4 Å². The first-order valence-corrected chi connectivity index (χ1v) is 10.3. The zero-order chi connectivity index (χ0) is 19.9. The number of fused-ring (bicyclic) bond motifs is 1. The van der Waals surface area contributed by atoms with E-state index in [4.69, 9.17) is 9.47 Å². The molecule has 2 aromatic carbocycles. The van der Waals surface area contributed by atoms with Gasteiger partial charge in [0.1, 0.15) is 11.5 Å². The fraction of sp³-hybridized carbons (Fsp3) is 0.316. The molecule has 4 rings (SSSR count). The Labute approximate surface area is 162 Å². The predicted octanol–water partition coefficient (Wildman–Crippen LogP) is 2.40. The van der Waals surface area contributed by atoms with Gasteiger partial charge in [-0.1, -0.05) is 0 Å². The predicted molar refractivity (Wildman–Crippen MR) is 104 cm³/mol. The highest BCUT2D eigenvalue weighted by Crippen LogP contribution is 2.41. The second kappa shape index (κ2) is 6.99. The summed E-state index contributed by atoms with van der Waals surface area (Å²) in [6.45, 7) is 0.412. The zero-order valence-electron chi connectivity index (χ0n) is 15.6. The first kappa shape index (κ1) is 18.6. The summed E-state index contributed by atoms with van der Waals surface area (Å²) in [6, 6.07) is 9.64. The number of hydrogen-bond donors (Lipinski definition) is 2. The van der Waals surface area contributed by atoms with Crippen LogP contribution in [0.4, 0.5) is 0 Å². The maximum atomic E-state index is 13.4. The summed E-state index contributed by atoms with van der Waals surface area (Å²) in [6.07, 6.45) is 1.43. The summed E-state index contributed by atoms with van der Waals surface area (Å²) in [5.74, 6) is 1.27. The lowest BCUT2D eigenvalue weighted by atomic mass is 10.0. The smallest absolute Gasteiger partial charge is 0.323 e. The minimum absolute atomic E-state index is 0.143. The summed E-state index contributed by atoms with van der Waals surface area (Å²) in [5, 5.41) is 0. The average Bonchev–Trinajstić information content (AvgIpc) is 3.32. The number of H-pyrrole nitrogens is 2. The molecule has 148 valence electrons. The van der Waals surface area contributed by atoms with Gasteiger partial charge in [-0.25, -0.2) is 13.2 Å². The molecule has 3 aromatic rings. The van der Waals surface area contributed by atoms with E-state index < -0.39 is 10.0 Å². The minimum atomic E-state index is -3.76. The molecule has 0 bridgehead atoms. The lowest BCUT2D eigenvalue weighted by molar-refractivity contribution is 0.361. The van der Waals surface area contributed by atoms with Crippen LogP contribution in [0.25, 0.3) is 11.0 Å². The SMILES string of the molecule is COc1ccc(OC)c([C@H]2CCCN2S(=O)(=O)c2ccc3[nH]c(=O)[nH]c3c2)c1. The largest absolute Gasteiger partial charge is 0.497 e. The number of methoxy groups -OCH3 is 2. The summed E-state index contributed by atoms with van der Waals surface area (Å²) < 4.78 is 39.0. The van der Waals surface area contributed by atoms with Crippen LogP contribution in [0.3, 0.4) is 0 Å². The molecule has 0 radical (unpaired) electrons. The Morgan fingerprint density at radius 2 is 1.82 bits per heavy atom. The molecule has 0 amide bonds. The number of sulfonamides is 1. The number of aromatic nitrogens is 2. The molecule has 2 heterocycles. The van der Waals surface area contributed by atoms with Gasteiger partial charge in [-0.15, -0.1) is 0 Å². The quantitative estimate of drug-likeness (QED) is 0.681. The van der Waals surface area contributed by atoms with E-state index in [2.05, 4.69) is 9.97 Å². The number of aromatic amines is 2. The van der Waals surface area contributed by atoms with Crippen molar-refractivity contribution < 1.29 is 17.9 Å². The number of nitrogens with zero attached hydrogens (tertiary/aromatic N) is 1. The Bertz CT molecular complexity index is 1180. The number of nitrogens with one attached hydrogen (secondary N) is 2. The Balaban J connectivity index is 1.77. The van der Waals surface area contributed by atoms with Gasteiger partial charge >= 0.3 is 5.69 Å². The Morgan fingerprint density at radius 1 is 1.04 bits per heavy atom. The fourth-order valence-corrected chi connectivity index (χ4v) is 5.45. The summed E-state index contributed by atoms with van der Waals surface area (Å²) in [5.41, 5.74) is 1.43. The van der Waals surface area contributed by atoms with E-state index in [0.29, 0.717) is 35.5 Å². The molecule has 1 atom stereocenters. The van der Waals surface area contributed by atoms with Crippen LogP contribution in [0.2, 0.25) is 0 Å². The summed E-state index contributed by atoms with van der Waals surface area (Å²) in [7, 11) is -0.626. The maximum Gasteiger partial charge on any atom is 0.323 e. The Morgan fingerprint density at radius 3 is 2.57 bits per heavy atom.